The predicted octanol–water partition coefficient (Wildman–Crippen LogP) is 22.7. The van der Waals surface area contributed by atoms with E-state index in [0.717, 1.165) is 109 Å². The summed E-state index contributed by atoms with van der Waals surface area (Å²) in [5.74, 6) is -2.47. The molecule has 659 valence electrons. The molecule has 0 saturated carbocycles. The molecule has 2 amide bonds. The van der Waals surface area contributed by atoms with Gasteiger partial charge >= 0.3 is 11.9 Å². The lowest BCUT2D eigenvalue weighted by Gasteiger charge is -2.17. The van der Waals surface area contributed by atoms with Crippen LogP contribution in [0.2, 0.25) is 0 Å². The van der Waals surface area contributed by atoms with Crippen LogP contribution in [-0.2, 0) is 51.6 Å². The Kier molecular flexibility index (Phi) is 43.1. The number of nitrogens with zero attached hydrogens (tertiary/aromatic N) is 6. The van der Waals surface area contributed by atoms with E-state index in [1.54, 1.807) is 57.4 Å². The van der Waals surface area contributed by atoms with Crippen molar-refractivity contribution in [1.29, 1.82) is 0 Å². The molecule has 126 heavy (non-hydrogen) atoms. The van der Waals surface area contributed by atoms with Crippen molar-refractivity contribution in [2.45, 2.75) is 100 Å². The smallest absolute Gasteiger partial charge is 0.337 e. The van der Waals surface area contributed by atoms with Crippen LogP contribution >= 0.6 is 38.5 Å². The molecule has 13 N–H and O–H groups in total. The lowest BCUT2D eigenvalue weighted by molar-refractivity contribution is -0.385. The zero-order valence-corrected chi connectivity index (χ0v) is 78.1. The third-order valence-electron chi connectivity index (χ3n) is 19.3. The number of para-hydroxylation sites is 6. The van der Waals surface area contributed by atoms with E-state index in [0.29, 0.717) is 32.7 Å². The molecule has 0 fully saturated rings. The van der Waals surface area contributed by atoms with Crippen molar-refractivity contribution in [1.82, 2.24) is 19.6 Å². The Morgan fingerprint density at radius 3 is 1.01 bits per heavy atom. The maximum Gasteiger partial charge on any atom is 0.337 e. The van der Waals surface area contributed by atoms with Crippen LogP contribution in [0.4, 0.5) is 85.3 Å². The minimum atomic E-state index is -1.20. The summed E-state index contributed by atoms with van der Waals surface area (Å²) in [6.45, 7) is 16.4. The van der Waals surface area contributed by atoms with Crippen LogP contribution in [0.5, 0.6) is 0 Å². The Morgan fingerprint density at radius 2 is 0.651 bits per heavy atom. The van der Waals surface area contributed by atoms with Crippen molar-refractivity contribution in [3.05, 3.63) is 355 Å². The van der Waals surface area contributed by atoms with Crippen molar-refractivity contribution < 1.29 is 39.2 Å². The number of carbonyl (C=O) groups is 4. The van der Waals surface area contributed by atoms with Gasteiger partial charge in [-0.3, -0.25) is 29.8 Å². The Bertz CT molecular complexity index is 5510. The van der Waals surface area contributed by atoms with Gasteiger partial charge in [-0.2, -0.15) is 0 Å². The van der Waals surface area contributed by atoms with E-state index >= 15 is 0 Å². The standard InChI is InChI=1S/C17H21IN2.C17H19N3O3.C17H21N3O.C17H23N3.C16H17NO2.C8H11N.C7H4BrNO4.B/c1-4-13-7-5-6-8-16(13)19-17-10-9-15(18)11-14(17)12-20(2)3;1-4-12-7-5-6-8-15(12)18-16-10-9-13(20(22)23)11-14(16)17(21)19(2)3;1-4-12-7-5-6-8-15(12)19-16-10-9-13(18)11-14(16)17(21)20(2)3;1-4-13-7-5-6-8-16(13)19-17-10-9-15(18)11-14(17)12-20(2)3;1-3-12-6-4-5-7-14(12)17-15-9-8-11(2)10-13(15)16(18)19;1-2-7-5-3-4-6-8(7)9;8-6-2-1-4(9(12)13)3-5(6)7(10)11;/h5-11,19H,4,12H2,1-3H3;5-11,18H,4H2,1-3H3;5-11,19H,4,18H2,1-3H3;5-11,19H,4,12,18H2,1-3H3;4-10,17H,3H2,1-2H3,(H,18,19);3-6H,2,9H2,1H3;1-3H,(H,10,11);. The second-order valence-corrected chi connectivity index (χ2v) is 31.8. The first-order valence-electron chi connectivity index (χ1n) is 40.8. The zero-order chi connectivity index (χ0) is 92.0. The van der Waals surface area contributed by atoms with Crippen LogP contribution in [0.25, 0.3) is 0 Å². The van der Waals surface area contributed by atoms with Crippen LogP contribution < -0.4 is 43.8 Å². The number of carboxylic acid groups (broad SMARTS) is 2. The molecule has 3 radical (unpaired) electrons. The van der Waals surface area contributed by atoms with Gasteiger partial charge in [0.25, 0.3) is 23.2 Å². The minimum Gasteiger partial charge on any atom is -0.478 e. The number of nitrogens with one attached hydrogen (secondary N) is 5. The molecule has 0 saturated heterocycles. The Morgan fingerprint density at radius 1 is 0.357 bits per heavy atom. The molecule has 0 aliphatic carbocycles. The number of carbonyl (C=O) groups excluding carboxylic acids is 2. The molecule has 24 nitrogen and oxygen atoms in total. The molecular weight excluding hydrogens is 1760 g/mol. The maximum absolute atomic E-state index is 12.3. The number of halogens is 2. The topological polar surface area (TPSA) is 346 Å². The average Bonchev–Trinajstić information content (AvgIpc) is 0.811. The number of anilines is 13. The van der Waals surface area contributed by atoms with Gasteiger partial charge < -0.3 is 73.6 Å². The summed E-state index contributed by atoms with van der Waals surface area (Å²) in [6, 6.07) is 79.8. The van der Waals surface area contributed by atoms with Crippen molar-refractivity contribution >= 4 is 156 Å². The summed E-state index contributed by atoms with van der Waals surface area (Å²) in [4.78, 5) is 73.9. The first-order valence-corrected chi connectivity index (χ1v) is 42.7. The molecule has 12 rings (SSSR count). The average molecular weight is 1880 g/mol. The molecule has 0 aromatic heterocycles. The first kappa shape index (κ1) is 103. The van der Waals surface area contributed by atoms with E-state index < -0.39 is 21.8 Å². The van der Waals surface area contributed by atoms with E-state index in [-0.39, 0.29) is 42.7 Å². The number of rotatable bonds is 26. The number of aryl methyl sites for hydroxylation is 7. The number of aromatic carboxylic acids is 2. The zero-order valence-electron chi connectivity index (χ0n) is 74.3. The van der Waals surface area contributed by atoms with E-state index in [1.165, 1.54) is 88.7 Å². The third kappa shape index (κ3) is 32.5. The predicted molar refractivity (Wildman–Crippen MR) is 532 cm³/mol. The van der Waals surface area contributed by atoms with Gasteiger partial charge in [-0.15, -0.1) is 0 Å². The number of nitrogens with two attached hydrogens (primary N) is 3. The molecule has 0 unspecified atom stereocenters. The lowest BCUT2D eigenvalue weighted by atomic mass is 10.1. The molecule has 0 aliphatic rings. The third-order valence-corrected chi connectivity index (χ3v) is 20.6. The van der Waals surface area contributed by atoms with E-state index in [1.807, 2.05) is 129 Å². The molecule has 0 bridgehead atoms. The molecule has 0 aliphatic heterocycles. The first-order chi connectivity index (χ1) is 59.6. The molecule has 27 heteroatoms. The number of nitrogen functional groups attached to an aromatic ring is 3. The van der Waals surface area contributed by atoms with Crippen LogP contribution in [0.15, 0.2) is 259 Å². The number of non-ortho nitro benzene ring substituents is 2. The molecule has 0 heterocycles. The highest BCUT2D eigenvalue weighted by Crippen LogP contribution is 2.34. The van der Waals surface area contributed by atoms with Gasteiger partial charge in [0.2, 0.25) is 0 Å². The Labute approximate surface area is 765 Å². The highest BCUT2D eigenvalue weighted by molar-refractivity contribution is 14.1. The number of hydrogen-bond acceptors (Lipinski definition) is 18. The van der Waals surface area contributed by atoms with Crippen LogP contribution in [0, 0.1) is 30.7 Å². The fourth-order valence-electron chi connectivity index (χ4n) is 12.7. The summed E-state index contributed by atoms with van der Waals surface area (Å²) in [5.41, 5.74) is 40.7. The normalized spacial score (nSPS) is 10.2. The van der Waals surface area contributed by atoms with Crippen LogP contribution in [0.3, 0.4) is 0 Å². The van der Waals surface area contributed by atoms with Gasteiger partial charge in [0.1, 0.15) is 0 Å². The Balaban J connectivity index is 0.000000264. The quantitative estimate of drug-likeness (QED) is 0.00791. The largest absolute Gasteiger partial charge is 0.478 e. The number of hydrogen-bond donors (Lipinski definition) is 10. The fraction of sp³-hybridized carbons (Fsp3) is 0.232. The number of benzene rings is 12. The molecular formula is C99H116BBrIN14O10. The van der Waals surface area contributed by atoms with Crippen LogP contribution in [-0.4, -0.2) is 128 Å². The van der Waals surface area contributed by atoms with E-state index in [4.69, 9.17) is 22.3 Å². The summed E-state index contributed by atoms with van der Waals surface area (Å²) in [6.07, 6.45) is 5.74. The van der Waals surface area contributed by atoms with E-state index in [2.05, 4.69) is 223 Å². The summed E-state index contributed by atoms with van der Waals surface area (Å²) >= 11 is 5.34. The summed E-state index contributed by atoms with van der Waals surface area (Å²) in [7, 11) is 15.0. The molecule has 12 aromatic rings. The number of nitro benzene ring substituents is 2. The highest BCUT2D eigenvalue weighted by Gasteiger charge is 2.21. The van der Waals surface area contributed by atoms with Crippen molar-refractivity contribution in [3.63, 3.8) is 0 Å². The molecule has 12 aromatic carbocycles. The van der Waals surface area contributed by atoms with Crippen LogP contribution in [0.1, 0.15) is 133 Å². The van der Waals surface area contributed by atoms with Gasteiger partial charge in [-0.05, 0) is 272 Å². The van der Waals surface area contributed by atoms with Crippen molar-refractivity contribution in [3.8, 4) is 0 Å². The Hall–Kier alpha value is -13.1. The fourth-order valence-corrected chi connectivity index (χ4v) is 13.7. The van der Waals surface area contributed by atoms with Gasteiger partial charge in [0.05, 0.1) is 49.2 Å². The highest BCUT2D eigenvalue weighted by atomic mass is 127. The molecule has 0 spiro atoms. The lowest BCUT2D eigenvalue weighted by Crippen LogP contribution is -2.22. The van der Waals surface area contributed by atoms with Gasteiger partial charge in [0.15, 0.2) is 0 Å². The molecule has 0 atom stereocenters. The number of carboxylic acids is 2. The summed E-state index contributed by atoms with van der Waals surface area (Å²) < 4.78 is 1.60. The minimum absolute atomic E-state index is 0. The maximum atomic E-state index is 12.3. The second kappa shape index (κ2) is 52.5. The monoisotopic (exact) mass is 1880 g/mol. The van der Waals surface area contributed by atoms with Gasteiger partial charge in [-0.25, -0.2) is 9.59 Å². The number of nitro groups is 2. The van der Waals surface area contributed by atoms with Crippen molar-refractivity contribution in [2.75, 3.05) is 100 Å². The van der Waals surface area contributed by atoms with E-state index in [9.17, 15) is 44.5 Å². The second-order valence-electron chi connectivity index (χ2n) is 29.7. The van der Waals surface area contributed by atoms with Gasteiger partial charge in [-0.1, -0.05) is 162 Å². The number of amides is 2. The SMILES string of the molecule is CCc1ccccc1N.CCc1ccccc1Nc1ccc(C)cc1C(=O)O.CCc1ccccc1Nc1ccc(I)cc1CN(C)C.CCc1ccccc1Nc1ccc(N)cc1C(=O)N(C)C.CCc1ccccc1Nc1ccc(N)cc1CN(C)C.CCc1ccccc1Nc1ccc([N+](=O)[O-])cc1C(=O)N(C)C.O=C(O)c1cc([N+](=O)[O-])ccc1Br.[B]. The summed E-state index contributed by atoms with van der Waals surface area (Å²) in [5, 5.41) is 56.1. The van der Waals surface area contributed by atoms with Crippen molar-refractivity contribution in [2.24, 2.45) is 0 Å². The van der Waals surface area contributed by atoms with Gasteiger partial charge in [0, 0.05) is 139 Å².